The quantitative estimate of drug-likeness (QED) is 0.839. The zero-order valence-corrected chi connectivity index (χ0v) is 13.4. The fourth-order valence-electron chi connectivity index (χ4n) is 3.01. The maximum Gasteiger partial charge on any atom is 0.0713 e. The van der Waals surface area contributed by atoms with Gasteiger partial charge in [-0.3, -0.25) is 0 Å². The van der Waals surface area contributed by atoms with Crippen molar-refractivity contribution in [1.29, 1.82) is 0 Å². The van der Waals surface area contributed by atoms with Crippen molar-refractivity contribution in [3.8, 4) is 0 Å². The summed E-state index contributed by atoms with van der Waals surface area (Å²) in [6, 6.07) is 1.31. The van der Waals surface area contributed by atoms with Crippen LogP contribution in [0.25, 0.3) is 0 Å². The van der Waals surface area contributed by atoms with Crippen LogP contribution in [0.1, 0.15) is 39.5 Å². The van der Waals surface area contributed by atoms with Crippen LogP contribution >= 0.6 is 23.5 Å². The molecule has 2 aliphatic heterocycles. The summed E-state index contributed by atoms with van der Waals surface area (Å²) in [7, 11) is 0. The molecule has 0 aromatic carbocycles. The van der Waals surface area contributed by atoms with Crippen LogP contribution in [0.4, 0.5) is 0 Å². The molecule has 0 aromatic heterocycles. The molecule has 0 radical (unpaired) electrons. The Morgan fingerprint density at radius 3 is 2.94 bits per heavy atom. The summed E-state index contributed by atoms with van der Waals surface area (Å²) in [5.74, 6) is 5.03. The minimum absolute atomic E-state index is 0.221. The highest BCUT2D eigenvalue weighted by atomic mass is 32.2. The normalized spacial score (nSPS) is 29.3. The van der Waals surface area contributed by atoms with Crippen molar-refractivity contribution in [3.05, 3.63) is 0 Å². The highest BCUT2D eigenvalue weighted by molar-refractivity contribution is 7.99. The molecule has 0 amide bonds. The van der Waals surface area contributed by atoms with E-state index in [9.17, 15) is 0 Å². The Bertz CT molecular complexity index is 238. The lowest BCUT2D eigenvalue weighted by molar-refractivity contribution is -0.0938. The number of hydrogen-bond donors (Lipinski definition) is 1. The second-order valence-electron chi connectivity index (χ2n) is 5.56. The predicted molar refractivity (Wildman–Crippen MR) is 83.9 cm³/mol. The predicted octanol–water partition coefficient (Wildman–Crippen LogP) is 3.16. The molecule has 1 spiro atoms. The van der Waals surface area contributed by atoms with Crippen molar-refractivity contribution >= 4 is 23.5 Å². The monoisotopic (exact) mass is 289 g/mol. The van der Waals surface area contributed by atoms with Gasteiger partial charge in [0.2, 0.25) is 0 Å². The summed E-state index contributed by atoms with van der Waals surface area (Å²) >= 11 is 4.12. The van der Waals surface area contributed by atoms with Crippen LogP contribution in [-0.2, 0) is 4.74 Å². The lowest BCUT2D eigenvalue weighted by Gasteiger charge is -2.44. The summed E-state index contributed by atoms with van der Waals surface area (Å²) in [5.41, 5.74) is 0.221. The molecule has 2 aliphatic rings. The van der Waals surface area contributed by atoms with Crippen molar-refractivity contribution < 1.29 is 4.74 Å². The topological polar surface area (TPSA) is 21.3 Å². The van der Waals surface area contributed by atoms with Crippen molar-refractivity contribution in [1.82, 2.24) is 5.32 Å². The van der Waals surface area contributed by atoms with Gasteiger partial charge in [0.15, 0.2) is 0 Å². The summed E-state index contributed by atoms with van der Waals surface area (Å²) in [4.78, 5) is 0. The largest absolute Gasteiger partial charge is 0.375 e. The van der Waals surface area contributed by atoms with Crippen LogP contribution < -0.4 is 5.32 Å². The molecule has 106 valence electrons. The first kappa shape index (κ1) is 15.0. The Hall–Kier alpha value is 0.620. The summed E-state index contributed by atoms with van der Waals surface area (Å²) in [6.45, 7) is 5.51. The lowest BCUT2D eigenvalue weighted by atomic mass is 9.85. The smallest absolute Gasteiger partial charge is 0.0713 e. The molecular weight excluding hydrogens is 262 g/mol. The molecule has 2 unspecified atom stereocenters. The highest BCUT2D eigenvalue weighted by Gasteiger charge is 2.38. The van der Waals surface area contributed by atoms with Crippen LogP contribution in [0.15, 0.2) is 0 Å². The molecule has 2 rings (SSSR count). The lowest BCUT2D eigenvalue weighted by Crippen LogP contribution is -2.51. The van der Waals surface area contributed by atoms with Gasteiger partial charge in [0.1, 0.15) is 0 Å². The van der Waals surface area contributed by atoms with Gasteiger partial charge in [0.25, 0.3) is 0 Å². The zero-order chi connectivity index (χ0) is 12.8. The Balaban J connectivity index is 1.79. The number of rotatable bonds is 5. The standard InChI is InChI=1S/C14H27NOS2/c1-3-17-11-12(2)15-13-4-7-16-14(10-13)5-8-18-9-6-14/h12-13,15H,3-11H2,1-2H3. The molecule has 0 aliphatic carbocycles. The molecule has 2 saturated heterocycles. The van der Waals surface area contributed by atoms with E-state index in [0.29, 0.717) is 12.1 Å². The van der Waals surface area contributed by atoms with Gasteiger partial charge in [0, 0.05) is 24.4 Å². The molecule has 0 saturated carbocycles. The first-order valence-corrected chi connectivity index (χ1v) is 9.60. The molecule has 18 heavy (non-hydrogen) atoms. The van der Waals surface area contributed by atoms with Crippen molar-refractivity contribution in [2.75, 3.05) is 29.6 Å². The fraction of sp³-hybridized carbons (Fsp3) is 1.00. The Morgan fingerprint density at radius 1 is 1.44 bits per heavy atom. The van der Waals surface area contributed by atoms with Gasteiger partial charge in [-0.25, -0.2) is 0 Å². The molecular formula is C14H27NOS2. The van der Waals surface area contributed by atoms with Gasteiger partial charge in [0.05, 0.1) is 5.60 Å². The van der Waals surface area contributed by atoms with E-state index >= 15 is 0 Å². The van der Waals surface area contributed by atoms with Crippen LogP contribution in [0.3, 0.4) is 0 Å². The minimum Gasteiger partial charge on any atom is -0.375 e. The Kier molecular flexibility index (Phi) is 6.19. The SMILES string of the molecule is CCSCC(C)NC1CCOC2(CCSCC2)C1. The summed E-state index contributed by atoms with van der Waals surface area (Å²) in [6.07, 6.45) is 4.94. The van der Waals surface area contributed by atoms with E-state index in [1.54, 1.807) is 0 Å². The Morgan fingerprint density at radius 2 is 2.22 bits per heavy atom. The highest BCUT2D eigenvalue weighted by Crippen LogP contribution is 2.37. The van der Waals surface area contributed by atoms with Crippen LogP contribution in [-0.4, -0.2) is 47.3 Å². The zero-order valence-electron chi connectivity index (χ0n) is 11.7. The van der Waals surface area contributed by atoms with Crippen LogP contribution in [0.5, 0.6) is 0 Å². The minimum atomic E-state index is 0.221. The van der Waals surface area contributed by atoms with E-state index in [0.717, 1.165) is 6.61 Å². The van der Waals surface area contributed by atoms with Crippen molar-refractivity contribution in [2.45, 2.75) is 57.2 Å². The van der Waals surface area contributed by atoms with E-state index in [-0.39, 0.29) is 5.60 Å². The van der Waals surface area contributed by atoms with Gasteiger partial charge in [-0.15, -0.1) is 0 Å². The van der Waals surface area contributed by atoms with E-state index in [1.165, 1.54) is 48.7 Å². The van der Waals surface area contributed by atoms with Gasteiger partial charge < -0.3 is 10.1 Å². The summed E-state index contributed by atoms with van der Waals surface area (Å²) in [5, 5.41) is 3.82. The molecule has 1 N–H and O–H groups in total. The molecule has 2 atom stereocenters. The second-order valence-corrected chi connectivity index (χ2v) is 8.10. The van der Waals surface area contributed by atoms with Crippen molar-refractivity contribution in [3.63, 3.8) is 0 Å². The van der Waals surface area contributed by atoms with E-state index < -0.39 is 0 Å². The molecule has 0 aromatic rings. The average Bonchev–Trinajstić information content (AvgIpc) is 2.37. The van der Waals surface area contributed by atoms with Gasteiger partial charge in [-0.1, -0.05) is 6.92 Å². The first-order chi connectivity index (χ1) is 8.74. The van der Waals surface area contributed by atoms with Crippen LogP contribution in [0.2, 0.25) is 0 Å². The van der Waals surface area contributed by atoms with Gasteiger partial charge >= 0.3 is 0 Å². The van der Waals surface area contributed by atoms with Crippen molar-refractivity contribution in [2.24, 2.45) is 0 Å². The number of thioether (sulfide) groups is 2. The fourth-order valence-corrected chi connectivity index (χ4v) is 4.93. The third-order valence-corrected chi connectivity index (χ3v) is 6.12. The number of hydrogen-bond acceptors (Lipinski definition) is 4. The number of ether oxygens (including phenoxy) is 1. The van der Waals surface area contributed by atoms with Crippen LogP contribution in [0, 0.1) is 0 Å². The van der Waals surface area contributed by atoms with Gasteiger partial charge in [-0.2, -0.15) is 23.5 Å². The van der Waals surface area contributed by atoms with E-state index in [2.05, 4.69) is 30.9 Å². The third-order valence-electron chi connectivity index (χ3n) is 3.99. The molecule has 2 heterocycles. The summed E-state index contributed by atoms with van der Waals surface area (Å²) < 4.78 is 6.14. The third kappa shape index (κ3) is 4.32. The second kappa shape index (κ2) is 7.41. The molecule has 0 bridgehead atoms. The maximum atomic E-state index is 6.14. The first-order valence-electron chi connectivity index (χ1n) is 7.29. The molecule has 2 fully saturated rings. The Labute approximate surface area is 120 Å². The van der Waals surface area contributed by atoms with Gasteiger partial charge in [-0.05, 0) is 49.9 Å². The molecule has 4 heteroatoms. The van der Waals surface area contributed by atoms with E-state index in [4.69, 9.17) is 4.74 Å². The maximum absolute atomic E-state index is 6.14. The van der Waals surface area contributed by atoms with E-state index in [1.807, 2.05) is 11.8 Å². The average molecular weight is 290 g/mol. The molecule has 2 nitrogen and oxygen atoms in total. The number of nitrogens with one attached hydrogen (secondary N) is 1.